The van der Waals surface area contributed by atoms with Crippen molar-refractivity contribution in [2.24, 2.45) is 0 Å². The van der Waals surface area contributed by atoms with Gasteiger partial charge in [0.1, 0.15) is 11.6 Å². The van der Waals surface area contributed by atoms with Gasteiger partial charge < -0.3 is 14.9 Å². The first-order valence-corrected chi connectivity index (χ1v) is 10.3. The number of H-pyrrole nitrogens is 2. The second-order valence-corrected chi connectivity index (χ2v) is 8.10. The molecule has 176 valence electrons. The molecule has 0 saturated carbocycles. The Morgan fingerprint density at radius 1 is 1.00 bits per heavy atom. The Hall–Kier alpha value is -2.55. The van der Waals surface area contributed by atoms with Crippen molar-refractivity contribution < 1.29 is 13.2 Å². The van der Waals surface area contributed by atoms with Crippen LogP contribution >= 0.6 is 24.8 Å². The van der Waals surface area contributed by atoms with E-state index in [0.29, 0.717) is 5.82 Å². The van der Waals surface area contributed by atoms with Crippen LogP contribution < -0.4 is 5.56 Å². The molecule has 3 heterocycles. The second-order valence-electron chi connectivity index (χ2n) is 8.10. The Morgan fingerprint density at radius 2 is 1.73 bits per heavy atom. The van der Waals surface area contributed by atoms with E-state index in [4.69, 9.17) is 0 Å². The number of nitrogens with one attached hydrogen (secondary N) is 2. The molecule has 10 heteroatoms. The summed E-state index contributed by atoms with van der Waals surface area (Å²) in [4.78, 5) is 24.9. The van der Waals surface area contributed by atoms with E-state index in [1.165, 1.54) is 12.1 Å². The van der Waals surface area contributed by atoms with Gasteiger partial charge in [0.25, 0.3) is 5.56 Å². The first kappa shape index (κ1) is 25.1. The summed E-state index contributed by atoms with van der Waals surface area (Å²) < 4.78 is 40.4. The summed E-state index contributed by atoms with van der Waals surface area (Å²) in [5.41, 5.74) is 1.69. The van der Waals surface area contributed by atoms with Crippen molar-refractivity contribution in [2.75, 3.05) is 19.6 Å². The number of nitrogens with zero attached hydrogens (tertiary/aromatic N) is 2. The standard InChI is InChI=1S/C23H21F3N4O.2ClH/c24-15-1-2-16-14(12-27-20(16)9-15)5-8-30-6-3-13(4-7-30)22-28-21-11-19(26)18(25)10-17(21)23(31)29-22;;/h1-2,9-13,27H,3-8H2,(H,28,29,31);2*1H. The highest BCUT2D eigenvalue weighted by Crippen LogP contribution is 2.27. The molecule has 2 aromatic carbocycles. The Morgan fingerprint density at radius 3 is 2.48 bits per heavy atom. The van der Waals surface area contributed by atoms with Crippen LogP contribution in [0.2, 0.25) is 0 Å². The lowest BCUT2D eigenvalue weighted by Crippen LogP contribution is -2.35. The number of piperidine rings is 1. The topological polar surface area (TPSA) is 64.8 Å². The van der Waals surface area contributed by atoms with Crippen LogP contribution in [0.25, 0.3) is 21.8 Å². The van der Waals surface area contributed by atoms with Gasteiger partial charge in [0.05, 0.1) is 10.9 Å². The molecule has 2 aromatic heterocycles. The maximum Gasteiger partial charge on any atom is 0.258 e. The van der Waals surface area contributed by atoms with Crippen LogP contribution in [-0.2, 0) is 6.42 Å². The molecule has 0 atom stereocenters. The van der Waals surface area contributed by atoms with Crippen LogP contribution in [0.3, 0.4) is 0 Å². The fraction of sp³-hybridized carbons (Fsp3) is 0.304. The minimum absolute atomic E-state index is 0. The summed E-state index contributed by atoms with van der Waals surface area (Å²) in [6.07, 6.45) is 4.42. The van der Waals surface area contributed by atoms with Gasteiger partial charge in [-0.25, -0.2) is 18.2 Å². The number of rotatable bonds is 4. The van der Waals surface area contributed by atoms with Crippen molar-refractivity contribution in [1.82, 2.24) is 19.9 Å². The van der Waals surface area contributed by atoms with E-state index < -0.39 is 17.2 Å². The number of fused-ring (bicyclic) bond motifs is 2. The number of aromatic nitrogens is 3. The van der Waals surface area contributed by atoms with Gasteiger partial charge in [-0.1, -0.05) is 0 Å². The van der Waals surface area contributed by atoms with E-state index in [1.807, 2.05) is 6.20 Å². The molecule has 0 unspecified atom stereocenters. The largest absolute Gasteiger partial charge is 0.361 e. The van der Waals surface area contributed by atoms with Crippen LogP contribution in [0, 0.1) is 17.5 Å². The number of benzene rings is 2. The van der Waals surface area contributed by atoms with Gasteiger partial charge in [-0.15, -0.1) is 24.8 Å². The summed E-state index contributed by atoms with van der Waals surface area (Å²) in [6.45, 7) is 2.57. The molecular formula is C23H23Cl2F3N4O. The highest BCUT2D eigenvalue weighted by Gasteiger charge is 2.23. The minimum atomic E-state index is -1.05. The molecule has 1 aliphatic heterocycles. The lowest BCUT2D eigenvalue weighted by molar-refractivity contribution is 0.211. The summed E-state index contributed by atoms with van der Waals surface area (Å²) in [5, 5.41) is 1.09. The van der Waals surface area contributed by atoms with Crippen molar-refractivity contribution in [3.63, 3.8) is 0 Å². The molecule has 5 rings (SSSR count). The second kappa shape index (κ2) is 10.2. The highest BCUT2D eigenvalue weighted by molar-refractivity contribution is 5.85. The van der Waals surface area contributed by atoms with Gasteiger partial charge in [0, 0.05) is 35.6 Å². The van der Waals surface area contributed by atoms with Crippen LogP contribution in [0.4, 0.5) is 13.2 Å². The molecule has 0 spiro atoms. The van der Waals surface area contributed by atoms with Gasteiger partial charge in [-0.05, 0) is 62.2 Å². The SMILES string of the molecule is Cl.Cl.O=c1[nH]c(C2CCN(CCc3c[nH]c4cc(F)ccc34)CC2)nc2cc(F)c(F)cc12. The third-order valence-corrected chi connectivity index (χ3v) is 6.17. The Kier molecular flexibility index (Phi) is 7.72. The average Bonchev–Trinajstić information content (AvgIpc) is 3.16. The maximum atomic E-state index is 13.6. The quantitative estimate of drug-likeness (QED) is 0.412. The number of aromatic amines is 2. The van der Waals surface area contributed by atoms with Crippen LogP contribution in [0.1, 0.15) is 30.1 Å². The van der Waals surface area contributed by atoms with Crippen molar-refractivity contribution in [1.29, 1.82) is 0 Å². The fourth-order valence-corrected chi connectivity index (χ4v) is 4.42. The number of likely N-dealkylation sites (tertiary alicyclic amines) is 1. The molecule has 0 amide bonds. The van der Waals surface area contributed by atoms with Crippen molar-refractivity contribution >= 4 is 46.6 Å². The lowest BCUT2D eigenvalue weighted by atomic mass is 9.95. The normalized spacial score (nSPS) is 14.9. The zero-order valence-corrected chi connectivity index (χ0v) is 19.2. The van der Waals surface area contributed by atoms with Crippen LogP contribution in [-0.4, -0.2) is 39.5 Å². The van der Waals surface area contributed by atoms with Crippen molar-refractivity contribution in [3.8, 4) is 0 Å². The first-order valence-electron chi connectivity index (χ1n) is 10.3. The third kappa shape index (κ3) is 5.03. The number of halogens is 5. The summed E-state index contributed by atoms with van der Waals surface area (Å²) >= 11 is 0. The number of hydrogen-bond acceptors (Lipinski definition) is 3. The zero-order chi connectivity index (χ0) is 21.5. The summed E-state index contributed by atoms with van der Waals surface area (Å²) in [7, 11) is 0. The van der Waals surface area contributed by atoms with Crippen molar-refractivity contribution in [2.45, 2.75) is 25.2 Å². The van der Waals surface area contributed by atoms with E-state index in [9.17, 15) is 18.0 Å². The molecule has 0 radical (unpaired) electrons. The smallest absolute Gasteiger partial charge is 0.258 e. The first-order chi connectivity index (χ1) is 15.0. The lowest BCUT2D eigenvalue weighted by Gasteiger charge is -2.31. The zero-order valence-electron chi connectivity index (χ0n) is 17.5. The molecule has 1 saturated heterocycles. The predicted octanol–water partition coefficient (Wildman–Crippen LogP) is 5.09. The minimum Gasteiger partial charge on any atom is -0.361 e. The van der Waals surface area contributed by atoms with E-state index in [-0.39, 0.29) is 47.5 Å². The molecule has 5 nitrogen and oxygen atoms in total. The van der Waals surface area contributed by atoms with Gasteiger partial charge in [0.2, 0.25) is 0 Å². The average molecular weight is 499 g/mol. The summed E-state index contributed by atoms with van der Waals surface area (Å²) in [6, 6.07) is 6.65. The molecule has 0 aliphatic carbocycles. The van der Waals surface area contributed by atoms with E-state index in [1.54, 1.807) is 6.07 Å². The van der Waals surface area contributed by atoms with E-state index >= 15 is 0 Å². The Balaban J connectivity index is 0.00000153. The van der Waals surface area contributed by atoms with Gasteiger partial charge in [-0.3, -0.25) is 4.79 Å². The summed E-state index contributed by atoms with van der Waals surface area (Å²) in [5.74, 6) is -1.72. The highest BCUT2D eigenvalue weighted by atomic mass is 35.5. The number of hydrogen-bond donors (Lipinski definition) is 2. The fourth-order valence-electron chi connectivity index (χ4n) is 4.42. The van der Waals surface area contributed by atoms with E-state index in [0.717, 1.165) is 67.5 Å². The van der Waals surface area contributed by atoms with Gasteiger partial charge in [-0.2, -0.15) is 0 Å². The molecule has 2 N–H and O–H groups in total. The molecule has 1 aliphatic rings. The van der Waals surface area contributed by atoms with Gasteiger partial charge in [0.15, 0.2) is 11.6 Å². The van der Waals surface area contributed by atoms with Crippen LogP contribution in [0.15, 0.2) is 41.3 Å². The monoisotopic (exact) mass is 498 g/mol. The van der Waals surface area contributed by atoms with Crippen molar-refractivity contribution in [3.05, 3.63) is 75.7 Å². The maximum absolute atomic E-state index is 13.6. The Labute approximate surface area is 200 Å². The third-order valence-electron chi connectivity index (χ3n) is 6.17. The van der Waals surface area contributed by atoms with E-state index in [2.05, 4.69) is 19.9 Å². The van der Waals surface area contributed by atoms with Crippen LogP contribution in [0.5, 0.6) is 0 Å². The molecule has 1 fully saturated rings. The molecule has 0 bridgehead atoms. The predicted molar refractivity (Wildman–Crippen MR) is 127 cm³/mol. The van der Waals surface area contributed by atoms with Gasteiger partial charge >= 0.3 is 0 Å². The molecule has 33 heavy (non-hydrogen) atoms. The molecular weight excluding hydrogens is 476 g/mol. The molecule has 4 aromatic rings. The Bertz CT molecular complexity index is 1330.